The maximum atomic E-state index is 15.5. The molecule has 0 unspecified atom stereocenters. The Balaban J connectivity index is 1.32. The molecule has 0 saturated heterocycles. The third-order valence-corrected chi connectivity index (χ3v) is 7.24. The summed E-state index contributed by atoms with van der Waals surface area (Å²) in [7, 11) is 0. The monoisotopic (exact) mass is 551 g/mol. The Hall–Kier alpha value is -5.09. The number of hydrogen-bond acceptors (Lipinski definition) is 6. The highest BCUT2D eigenvalue weighted by atomic mass is 32.1. The van der Waals surface area contributed by atoms with E-state index in [0.29, 0.717) is 22.4 Å². The summed E-state index contributed by atoms with van der Waals surface area (Å²) in [5, 5.41) is 8.73. The van der Waals surface area contributed by atoms with E-state index in [-0.39, 0.29) is 17.1 Å². The minimum absolute atomic E-state index is 0.0533. The first kappa shape index (κ1) is 25.2. The molecule has 1 N–H and O–H groups in total. The summed E-state index contributed by atoms with van der Waals surface area (Å²) < 4.78 is 31.1. The topological polar surface area (TPSA) is 89.8 Å². The van der Waals surface area contributed by atoms with Crippen molar-refractivity contribution in [2.75, 3.05) is 5.32 Å². The van der Waals surface area contributed by atoms with Crippen LogP contribution in [-0.4, -0.2) is 25.7 Å². The largest absolute Gasteiger partial charge is 0.320 e. The minimum atomic E-state index is -0.642. The molecular weight excluding hydrogens is 532 g/mol. The number of aromatic nitrogens is 4. The quantitative estimate of drug-likeness (QED) is 0.267. The Morgan fingerprint density at radius 1 is 0.900 bits per heavy atom. The lowest BCUT2D eigenvalue weighted by atomic mass is 9.96. The number of amides is 1. The standard InChI is InChI=1S/C30H19F2N5O2S/c1-17-13-26(38)37(20-6-4-5-18(31)14-20)36-27(17)30(39)35-19-9-10-22(24(32)15-19)21-7-2-3-8-23(21)28-29-25(11-12-40-29)33-16-34-28/h2-16H,1H3,(H,35,39). The number of carbonyl (C=O) groups excluding carboxylic acids is 1. The van der Waals surface area contributed by atoms with Crippen molar-refractivity contribution in [2.45, 2.75) is 6.92 Å². The molecule has 0 spiro atoms. The van der Waals surface area contributed by atoms with Gasteiger partial charge in [-0.2, -0.15) is 9.78 Å². The highest BCUT2D eigenvalue weighted by molar-refractivity contribution is 7.17. The first-order valence-corrected chi connectivity index (χ1v) is 13.0. The van der Waals surface area contributed by atoms with Gasteiger partial charge >= 0.3 is 0 Å². The first-order chi connectivity index (χ1) is 19.4. The van der Waals surface area contributed by atoms with E-state index in [1.165, 1.54) is 48.0 Å². The number of nitrogens with one attached hydrogen (secondary N) is 1. The van der Waals surface area contributed by atoms with Gasteiger partial charge in [-0.1, -0.05) is 30.3 Å². The van der Waals surface area contributed by atoms with Crippen LogP contribution in [0, 0.1) is 18.6 Å². The highest BCUT2D eigenvalue weighted by Gasteiger charge is 2.18. The molecule has 0 aliphatic heterocycles. The lowest BCUT2D eigenvalue weighted by Crippen LogP contribution is -2.26. The predicted octanol–water partition coefficient (Wildman–Crippen LogP) is 6.41. The fourth-order valence-electron chi connectivity index (χ4n) is 4.47. The molecule has 6 rings (SSSR count). The summed E-state index contributed by atoms with van der Waals surface area (Å²) in [6.45, 7) is 1.57. The van der Waals surface area contributed by atoms with E-state index in [2.05, 4.69) is 20.4 Å². The number of anilines is 1. The molecule has 7 nitrogen and oxygen atoms in total. The summed E-state index contributed by atoms with van der Waals surface area (Å²) in [5.74, 6) is -1.73. The number of carbonyl (C=O) groups is 1. The van der Waals surface area contributed by atoms with E-state index in [0.717, 1.165) is 26.5 Å². The van der Waals surface area contributed by atoms with Gasteiger partial charge in [0.2, 0.25) is 0 Å². The fourth-order valence-corrected chi connectivity index (χ4v) is 5.32. The number of rotatable bonds is 5. The lowest BCUT2D eigenvalue weighted by molar-refractivity contribution is 0.102. The number of hydrogen-bond donors (Lipinski definition) is 1. The average Bonchev–Trinajstić information content (AvgIpc) is 3.43. The summed E-state index contributed by atoms with van der Waals surface area (Å²) in [4.78, 5) is 34.3. The van der Waals surface area contributed by atoms with Crippen LogP contribution in [0.3, 0.4) is 0 Å². The van der Waals surface area contributed by atoms with Gasteiger partial charge in [0, 0.05) is 22.9 Å². The predicted molar refractivity (Wildman–Crippen MR) is 151 cm³/mol. The number of thiophene rings is 1. The Morgan fingerprint density at radius 3 is 2.52 bits per heavy atom. The Morgan fingerprint density at radius 2 is 1.73 bits per heavy atom. The molecular formula is C30H19F2N5O2S. The van der Waals surface area contributed by atoms with Crippen LogP contribution in [-0.2, 0) is 0 Å². The van der Waals surface area contributed by atoms with Crippen LogP contribution in [0.15, 0.2) is 95.4 Å². The zero-order valence-electron chi connectivity index (χ0n) is 20.9. The zero-order valence-corrected chi connectivity index (χ0v) is 21.7. The molecule has 196 valence electrons. The molecule has 3 aromatic carbocycles. The van der Waals surface area contributed by atoms with Crippen LogP contribution in [0.4, 0.5) is 14.5 Å². The summed E-state index contributed by atoms with van der Waals surface area (Å²) in [6, 6.07) is 20.3. The summed E-state index contributed by atoms with van der Waals surface area (Å²) in [5.41, 5.74) is 3.40. The zero-order chi connectivity index (χ0) is 27.8. The highest BCUT2D eigenvalue weighted by Crippen LogP contribution is 2.37. The van der Waals surface area contributed by atoms with E-state index in [1.54, 1.807) is 19.1 Å². The van der Waals surface area contributed by atoms with Gasteiger partial charge in [-0.05, 0) is 65.9 Å². The smallest absolute Gasteiger partial charge is 0.276 e. The van der Waals surface area contributed by atoms with Gasteiger partial charge in [-0.15, -0.1) is 11.3 Å². The molecule has 0 aliphatic rings. The number of benzene rings is 3. The molecule has 3 heterocycles. The van der Waals surface area contributed by atoms with Crippen molar-refractivity contribution in [3.63, 3.8) is 0 Å². The summed E-state index contributed by atoms with van der Waals surface area (Å²) in [6.07, 6.45) is 1.49. The maximum absolute atomic E-state index is 15.5. The average molecular weight is 552 g/mol. The van der Waals surface area contributed by atoms with Crippen molar-refractivity contribution in [3.8, 4) is 28.1 Å². The first-order valence-electron chi connectivity index (χ1n) is 12.1. The van der Waals surface area contributed by atoms with Crippen molar-refractivity contribution >= 4 is 33.1 Å². The second kappa shape index (κ2) is 10.2. The van der Waals surface area contributed by atoms with E-state index in [9.17, 15) is 14.0 Å². The Kier molecular flexibility index (Phi) is 6.45. The second-order valence-electron chi connectivity index (χ2n) is 8.96. The number of fused-ring (bicyclic) bond motifs is 1. The minimum Gasteiger partial charge on any atom is -0.320 e. The Labute approximate surface area is 230 Å². The van der Waals surface area contributed by atoms with Crippen molar-refractivity contribution in [1.29, 1.82) is 0 Å². The number of nitrogens with zero attached hydrogens (tertiary/aromatic N) is 4. The van der Waals surface area contributed by atoms with Gasteiger partial charge in [0.05, 0.1) is 21.6 Å². The fraction of sp³-hybridized carbons (Fsp3) is 0.0333. The van der Waals surface area contributed by atoms with Crippen LogP contribution in [0.25, 0.3) is 38.3 Å². The van der Waals surface area contributed by atoms with E-state index >= 15 is 4.39 Å². The van der Waals surface area contributed by atoms with Gasteiger partial charge in [0.25, 0.3) is 11.5 Å². The van der Waals surface area contributed by atoms with Gasteiger partial charge in [-0.25, -0.2) is 18.7 Å². The lowest BCUT2D eigenvalue weighted by Gasteiger charge is -2.13. The molecule has 0 atom stereocenters. The van der Waals surface area contributed by atoms with Crippen LogP contribution in [0.2, 0.25) is 0 Å². The third kappa shape index (κ3) is 4.65. The maximum Gasteiger partial charge on any atom is 0.276 e. The van der Waals surface area contributed by atoms with Gasteiger partial charge in [0.15, 0.2) is 5.69 Å². The number of halogens is 2. The van der Waals surface area contributed by atoms with Crippen molar-refractivity contribution < 1.29 is 13.6 Å². The molecule has 0 bridgehead atoms. The molecule has 1 amide bonds. The van der Waals surface area contributed by atoms with Crippen LogP contribution in [0.5, 0.6) is 0 Å². The van der Waals surface area contributed by atoms with E-state index < -0.39 is 23.1 Å². The van der Waals surface area contributed by atoms with Gasteiger partial charge in [0.1, 0.15) is 18.0 Å². The molecule has 40 heavy (non-hydrogen) atoms. The van der Waals surface area contributed by atoms with Crippen molar-refractivity contribution in [2.24, 2.45) is 0 Å². The normalized spacial score (nSPS) is 11.1. The molecule has 6 aromatic rings. The molecule has 0 radical (unpaired) electrons. The summed E-state index contributed by atoms with van der Waals surface area (Å²) >= 11 is 1.51. The second-order valence-corrected chi connectivity index (χ2v) is 9.87. The van der Waals surface area contributed by atoms with Crippen LogP contribution in [0.1, 0.15) is 16.1 Å². The third-order valence-electron chi connectivity index (χ3n) is 6.33. The van der Waals surface area contributed by atoms with E-state index in [1.807, 2.05) is 35.7 Å². The van der Waals surface area contributed by atoms with Crippen molar-refractivity contribution in [1.82, 2.24) is 19.7 Å². The van der Waals surface area contributed by atoms with Crippen LogP contribution >= 0.6 is 11.3 Å². The molecule has 3 aromatic heterocycles. The van der Waals surface area contributed by atoms with Gasteiger partial charge in [-0.3, -0.25) is 9.59 Å². The molecule has 0 aliphatic carbocycles. The van der Waals surface area contributed by atoms with Gasteiger partial charge < -0.3 is 5.32 Å². The molecule has 0 saturated carbocycles. The van der Waals surface area contributed by atoms with Crippen LogP contribution < -0.4 is 10.9 Å². The van der Waals surface area contributed by atoms with Crippen molar-refractivity contribution in [3.05, 3.63) is 124 Å². The SMILES string of the molecule is Cc1cc(=O)n(-c2cccc(F)c2)nc1C(=O)Nc1ccc(-c2ccccc2-c2ncnc3ccsc23)c(F)c1. The van der Waals surface area contributed by atoms with E-state index in [4.69, 9.17) is 0 Å². The number of aryl methyl sites for hydroxylation is 1. The molecule has 0 fully saturated rings. The molecule has 10 heteroatoms. The Bertz CT molecular complexity index is 1990.